The predicted octanol–water partition coefficient (Wildman–Crippen LogP) is 3.52. The summed E-state index contributed by atoms with van der Waals surface area (Å²) >= 11 is 5.77. The molecule has 3 rings (SSSR count). The molecule has 6 heteroatoms. The number of carbonyl (C=O) groups is 1. The van der Waals surface area contributed by atoms with Gasteiger partial charge < -0.3 is 10.1 Å². The summed E-state index contributed by atoms with van der Waals surface area (Å²) in [6.45, 7) is 0. The van der Waals surface area contributed by atoms with Gasteiger partial charge in [-0.25, -0.2) is 9.97 Å². The Bertz CT molecular complexity index is 509. The van der Waals surface area contributed by atoms with Gasteiger partial charge in [0.05, 0.1) is 17.4 Å². The zero-order chi connectivity index (χ0) is 16.1. The minimum atomic E-state index is 0.124. The van der Waals surface area contributed by atoms with Crippen LogP contribution in [0.2, 0.25) is 5.02 Å². The maximum absolute atomic E-state index is 12.3. The van der Waals surface area contributed by atoms with Crippen molar-refractivity contribution in [1.82, 2.24) is 15.3 Å². The fraction of sp³-hybridized carbons (Fsp3) is 0.706. The van der Waals surface area contributed by atoms with Gasteiger partial charge in [-0.1, -0.05) is 30.9 Å². The van der Waals surface area contributed by atoms with Gasteiger partial charge in [0.2, 0.25) is 5.91 Å². The first kappa shape index (κ1) is 16.5. The Morgan fingerprint density at radius 1 is 1.04 bits per heavy atom. The van der Waals surface area contributed by atoms with E-state index in [4.69, 9.17) is 16.3 Å². The molecule has 1 aromatic heterocycles. The summed E-state index contributed by atoms with van der Waals surface area (Å²) in [6, 6.07) is 0.666. The van der Waals surface area contributed by atoms with Gasteiger partial charge in [-0.2, -0.15) is 0 Å². The van der Waals surface area contributed by atoms with Crippen molar-refractivity contribution in [3.8, 4) is 6.01 Å². The molecule has 2 saturated carbocycles. The molecule has 1 aromatic rings. The SMILES string of the molecule is O=C(NC1CCC(Oc2ncc(Cl)cn2)CC1)C1CCCCC1. The van der Waals surface area contributed by atoms with Gasteiger partial charge in [-0.15, -0.1) is 0 Å². The maximum Gasteiger partial charge on any atom is 0.316 e. The van der Waals surface area contributed by atoms with Crippen LogP contribution >= 0.6 is 11.6 Å². The van der Waals surface area contributed by atoms with Gasteiger partial charge in [0.25, 0.3) is 0 Å². The van der Waals surface area contributed by atoms with E-state index in [0.29, 0.717) is 11.0 Å². The van der Waals surface area contributed by atoms with Gasteiger partial charge in [-0.05, 0) is 38.5 Å². The average Bonchev–Trinajstić information content (AvgIpc) is 2.59. The number of rotatable bonds is 4. The Labute approximate surface area is 142 Å². The minimum absolute atomic E-state index is 0.124. The summed E-state index contributed by atoms with van der Waals surface area (Å²) in [6.07, 6.45) is 12.7. The molecule has 0 unspecified atom stereocenters. The van der Waals surface area contributed by atoms with Crippen molar-refractivity contribution < 1.29 is 9.53 Å². The summed E-state index contributed by atoms with van der Waals surface area (Å²) in [5.74, 6) is 0.496. The molecule has 126 valence electrons. The number of aromatic nitrogens is 2. The molecular weight excluding hydrogens is 314 g/mol. The van der Waals surface area contributed by atoms with Crippen molar-refractivity contribution >= 4 is 17.5 Å². The molecule has 0 aromatic carbocycles. The Morgan fingerprint density at radius 2 is 1.70 bits per heavy atom. The number of amides is 1. The molecule has 0 aliphatic heterocycles. The molecule has 0 bridgehead atoms. The van der Waals surface area contributed by atoms with Crippen LogP contribution in [0.4, 0.5) is 0 Å². The molecule has 2 aliphatic carbocycles. The van der Waals surface area contributed by atoms with E-state index in [1.165, 1.54) is 19.3 Å². The lowest BCUT2D eigenvalue weighted by molar-refractivity contribution is -0.127. The quantitative estimate of drug-likeness (QED) is 0.913. The Morgan fingerprint density at radius 3 is 2.35 bits per heavy atom. The van der Waals surface area contributed by atoms with Gasteiger partial charge in [0.15, 0.2) is 0 Å². The third kappa shape index (κ3) is 4.80. The molecule has 0 atom stereocenters. The smallest absolute Gasteiger partial charge is 0.316 e. The van der Waals surface area contributed by atoms with Crippen LogP contribution in [-0.4, -0.2) is 28.0 Å². The first-order chi connectivity index (χ1) is 11.2. The lowest BCUT2D eigenvalue weighted by atomic mass is 9.87. The molecule has 5 nitrogen and oxygen atoms in total. The number of halogens is 1. The summed E-state index contributed by atoms with van der Waals surface area (Å²) < 4.78 is 5.79. The highest BCUT2D eigenvalue weighted by molar-refractivity contribution is 6.30. The van der Waals surface area contributed by atoms with Crippen LogP contribution in [-0.2, 0) is 4.79 Å². The third-order valence-corrected chi connectivity index (χ3v) is 5.06. The number of nitrogens with one attached hydrogen (secondary N) is 1. The normalized spacial score (nSPS) is 25.8. The second kappa shape index (κ2) is 7.95. The van der Waals surface area contributed by atoms with E-state index >= 15 is 0 Å². The lowest BCUT2D eigenvalue weighted by Crippen LogP contribution is -2.42. The average molecular weight is 338 g/mol. The van der Waals surface area contributed by atoms with Crippen LogP contribution in [0, 0.1) is 5.92 Å². The molecule has 0 saturated heterocycles. The monoisotopic (exact) mass is 337 g/mol. The Hall–Kier alpha value is -1.36. The highest BCUT2D eigenvalue weighted by Gasteiger charge is 2.27. The number of ether oxygens (including phenoxy) is 1. The number of carbonyl (C=O) groups excluding carboxylic acids is 1. The highest BCUT2D eigenvalue weighted by atomic mass is 35.5. The first-order valence-electron chi connectivity index (χ1n) is 8.65. The Kier molecular flexibility index (Phi) is 5.70. The standard InChI is InChI=1S/C17H24ClN3O2/c18-13-10-19-17(20-11-13)23-15-8-6-14(7-9-15)21-16(22)12-4-2-1-3-5-12/h10-12,14-15H,1-9H2,(H,21,22). The number of hydrogen-bond acceptors (Lipinski definition) is 4. The minimum Gasteiger partial charge on any atom is -0.460 e. The van der Waals surface area contributed by atoms with Crippen LogP contribution in [0.25, 0.3) is 0 Å². The van der Waals surface area contributed by atoms with E-state index in [9.17, 15) is 4.79 Å². The van der Waals surface area contributed by atoms with Crippen LogP contribution in [0.15, 0.2) is 12.4 Å². The third-order valence-electron chi connectivity index (χ3n) is 4.87. The topological polar surface area (TPSA) is 64.1 Å². The molecule has 0 radical (unpaired) electrons. The van der Waals surface area contributed by atoms with E-state index in [1.807, 2.05) is 0 Å². The first-order valence-corrected chi connectivity index (χ1v) is 9.03. The highest BCUT2D eigenvalue weighted by Crippen LogP contribution is 2.26. The summed E-state index contributed by atoms with van der Waals surface area (Å²) in [4.78, 5) is 20.4. The molecule has 1 N–H and O–H groups in total. The van der Waals surface area contributed by atoms with Gasteiger partial charge in [-0.3, -0.25) is 4.79 Å². The van der Waals surface area contributed by atoms with Crippen molar-refractivity contribution in [3.63, 3.8) is 0 Å². The van der Waals surface area contributed by atoms with Crippen molar-refractivity contribution in [2.45, 2.75) is 69.9 Å². The van der Waals surface area contributed by atoms with Crippen LogP contribution in [0.1, 0.15) is 57.8 Å². The second-order valence-corrected chi connectivity index (χ2v) is 7.06. The molecule has 1 amide bonds. The summed E-state index contributed by atoms with van der Waals surface area (Å²) in [5, 5.41) is 3.74. The molecule has 2 aliphatic rings. The number of nitrogens with zero attached hydrogens (tertiary/aromatic N) is 2. The maximum atomic E-state index is 12.3. The van der Waals surface area contributed by atoms with Gasteiger partial charge in [0, 0.05) is 12.0 Å². The molecular formula is C17H24ClN3O2. The van der Waals surface area contributed by atoms with E-state index in [0.717, 1.165) is 38.5 Å². The molecule has 1 heterocycles. The summed E-state index contributed by atoms with van der Waals surface area (Å²) in [5.41, 5.74) is 0. The van der Waals surface area contributed by atoms with Gasteiger partial charge >= 0.3 is 6.01 Å². The van der Waals surface area contributed by atoms with Crippen molar-refractivity contribution in [2.75, 3.05) is 0 Å². The zero-order valence-electron chi connectivity index (χ0n) is 13.3. The molecule has 2 fully saturated rings. The largest absolute Gasteiger partial charge is 0.460 e. The van der Waals surface area contributed by atoms with E-state index in [1.54, 1.807) is 12.4 Å². The van der Waals surface area contributed by atoms with Crippen LogP contribution in [0.3, 0.4) is 0 Å². The van der Waals surface area contributed by atoms with Crippen molar-refractivity contribution in [1.29, 1.82) is 0 Å². The second-order valence-electron chi connectivity index (χ2n) is 6.62. The predicted molar refractivity (Wildman–Crippen MR) is 88.4 cm³/mol. The fourth-order valence-electron chi connectivity index (χ4n) is 3.52. The molecule has 0 spiro atoms. The fourth-order valence-corrected chi connectivity index (χ4v) is 3.62. The van der Waals surface area contributed by atoms with Gasteiger partial charge in [0.1, 0.15) is 6.10 Å². The van der Waals surface area contributed by atoms with E-state index < -0.39 is 0 Å². The van der Waals surface area contributed by atoms with E-state index in [2.05, 4.69) is 15.3 Å². The molecule has 23 heavy (non-hydrogen) atoms. The zero-order valence-corrected chi connectivity index (χ0v) is 14.1. The van der Waals surface area contributed by atoms with Crippen molar-refractivity contribution in [2.24, 2.45) is 5.92 Å². The summed E-state index contributed by atoms with van der Waals surface area (Å²) in [7, 11) is 0. The number of hydrogen-bond donors (Lipinski definition) is 1. The van der Waals surface area contributed by atoms with E-state index in [-0.39, 0.29) is 24.0 Å². The van der Waals surface area contributed by atoms with Crippen LogP contribution in [0.5, 0.6) is 6.01 Å². The van der Waals surface area contributed by atoms with Crippen molar-refractivity contribution in [3.05, 3.63) is 17.4 Å². The Balaban J connectivity index is 1.41. The lowest BCUT2D eigenvalue weighted by Gasteiger charge is -2.30. The van der Waals surface area contributed by atoms with Crippen LogP contribution < -0.4 is 10.1 Å².